The van der Waals surface area contributed by atoms with Crippen molar-refractivity contribution in [2.45, 2.75) is 43.9 Å². The molecule has 0 aliphatic carbocycles. The van der Waals surface area contributed by atoms with E-state index in [1.165, 1.54) is 6.42 Å². The van der Waals surface area contributed by atoms with Crippen molar-refractivity contribution < 1.29 is 13.2 Å². The first kappa shape index (κ1) is 18.9. The summed E-state index contributed by atoms with van der Waals surface area (Å²) in [6.45, 7) is 1.10. The maximum Gasteiger partial charge on any atom is 0.208 e. The number of fused-ring (bicyclic) bond motifs is 2. The van der Waals surface area contributed by atoms with Gasteiger partial charge in [-0.3, -0.25) is 4.99 Å². The van der Waals surface area contributed by atoms with Gasteiger partial charge in [-0.15, -0.1) is 24.0 Å². The first-order valence-corrected chi connectivity index (χ1v) is 8.94. The Bertz CT molecular complexity index is 457. The predicted molar refractivity (Wildman–Crippen MR) is 93.7 cm³/mol. The van der Waals surface area contributed by atoms with Gasteiger partial charge in [-0.1, -0.05) is 0 Å². The summed E-state index contributed by atoms with van der Waals surface area (Å²) in [4.78, 5) is 4.18. The normalized spacial score (nSPS) is 28.3. The standard InChI is InChI=1S/C12H24N4O3S.HI/c1-13-12(14-6-3-7-15-20(2,17)18)16-10-8-9-4-5-11(10)19-9;/h9-11,15H,3-8H2,1-2H3,(H2,13,14,16);1H. The van der Waals surface area contributed by atoms with E-state index in [0.717, 1.165) is 25.1 Å². The Morgan fingerprint density at radius 2 is 2.10 bits per heavy atom. The van der Waals surface area contributed by atoms with Crippen molar-refractivity contribution in [3.8, 4) is 0 Å². The lowest BCUT2D eigenvalue weighted by Gasteiger charge is -2.22. The molecular formula is C12H25IN4O3S. The first-order valence-electron chi connectivity index (χ1n) is 7.05. The molecule has 9 heteroatoms. The first-order chi connectivity index (χ1) is 9.48. The zero-order chi connectivity index (χ0) is 14.6. The van der Waals surface area contributed by atoms with E-state index in [1.54, 1.807) is 7.05 Å². The van der Waals surface area contributed by atoms with Gasteiger partial charge in [-0.25, -0.2) is 13.1 Å². The van der Waals surface area contributed by atoms with E-state index >= 15 is 0 Å². The molecule has 2 aliphatic rings. The van der Waals surface area contributed by atoms with Crippen LogP contribution in [0.2, 0.25) is 0 Å². The summed E-state index contributed by atoms with van der Waals surface area (Å²) in [6.07, 6.45) is 5.93. The molecule has 0 aromatic carbocycles. The molecule has 0 radical (unpaired) electrons. The van der Waals surface area contributed by atoms with Crippen LogP contribution in [0.1, 0.15) is 25.7 Å². The summed E-state index contributed by atoms with van der Waals surface area (Å²) >= 11 is 0. The third kappa shape index (κ3) is 6.25. The van der Waals surface area contributed by atoms with Crippen LogP contribution in [0.3, 0.4) is 0 Å². The van der Waals surface area contributed by atoms with Crippen LogP contribution in [0.5, 0.6) is 0 Å². The highest BCUT2D eigenvalue weighted by Gasteiger charge is 2.40. The number of hydrogen-bond acceptors (Lipinski definition) is 4. The summed E-state index contributed by atoms with van der Waals surface area (Å²) in [6, 6.07) is 0.342. The summed E-state index contributed by atoms with van der Waals surface area (Å²) in [5.74, 6) is 0.755. The molecule has 2 saturated heterocycles. The quantitative estimate of drug-likeness (QED) is 0.239. The van der Waals surface area contributed by atoms with Crippen molar-refractivity contribution >= 4 is 40.0 Å². The molecule has 21 heavy (non-hydrogen) atoms. The van der Waals surface area contributed by atoms with Gasteiger partial charge in [0.05, 0.1) is 24.5 Å². The smallest absolute Gasteiger partial charge is 0.208 e. The van der Waals surface area contributed by atoms with Crippen LogP contribution in [-0.2, 0) is 14.8 Å². The van der Waals surface area contributed by atoms with Crippen molar-refractivity contribution in [3.05, 3.63) is 0 Å². The minimum atomic E-state index is -3.10. The minimum Gasteiger partial charge on any atom is -0.373 e. The highest BCUT2D eigenvalue weighted by molar-refractivity contribution is 14.0. The summed E-state index contributed by atoms with van der Waals surface area (Å²) in [5.41, 5.74) is 0. The number of hydrogen-bond donors (Lipinski definition) is 3. The Morgan fingerprint density at radius 1 is 1.33 bits per heavy atom. The number of rotatable bonds is 6. The molecule has 2 bridgehead atoms. The van der Waals surface area contributed by atoms with Gasteiger partial charge < -0.3 is 15.4 Å². The number of halogens is 1. The molecule has 3 atom stereocenters. The fourth-order valence-electron chi connectivity index (χ4n) is 2.71. The van der Waals surface area contributed by atoms with Crippen LogP contribution in [0.15, 0.2) is 4.99 Å². The highest BCUT2D eigenvalue weighted by atomic mass is 127. The Hall–Kier alpha value is -0.130. The fourth-order valence-corrected chi connectivity index (χ4v) is 3.23. The molecule has 3 N–H and O–H groups in total. The van der Waals surface area contributed by atoms with E-state index in [9.17, 15) is 8.42 Å². The van der Waals surface area contributed by atoms with E-state index < -0.39 is 10.0 Å². The average Bonchev–Trinajstić information content (AvgIpc) is 2.97. The second-order valence-corrected chi connectivity index (χ2v) is 7.21. The zero-order valence-electron chi connectivity index (χ0n) is 12.5. The SMILES string of the molecule is CN=C(NCCCNS(C)(=O)=O)NC1CC2CCC1O2.I. The molecular weight excluding hydrogens is 407 g/mol. The van der Waals surface area contributed by atoms with Gasteiger partial charge in [-0.05, 0) is 25.7 Å². The molecule has 2 rings (SSSR count). The van der Waals surface area contributed by atoms with Gasteiger partial charge in [0, 0.05) is 20.1 Å². The average molecular weight is 432 g/mol. The molecule has 0 saturated carbocycles. The Labute approximate surface area is 143 Å². The van der Waals surface area contributed by atoms with Gasteiger partial charge in [0.25, 0.3) is 0 Å². The Kier molecular flexibility index (Phi) is 7.65. The molecule has 7 nitrogen and oxygen atoms in total. The second kappa shape index (κ2) is 8.49. The molecule has 2 aliphatic heterocycles. The predicted octanol–water partition coefficient (Wildman–Crippen LogP) is 0.0286. The fraction of sp³-hybridized carbons (Fsp3) is 0.917. The van der Waals surface area contributed by atoms with Crippen LogP contribution in [0.25, 0.3) is 0 Å². The summed E-state index contributed by atoms with van der Waals surface area (Å²) in [7, 11) is -1.36. The number of nitrogens with one attached hydrogen (secondary N) is 3. The monoisotopic (exact) mass is 432 g/mol. The van der Waals surface area contributed by atoms with E-state index in [4.69, 9.17) is 4.74 Å². The highest BCUT2D eigenvalue weighted by Crippen LogP contribution is 2.34. The zero-order valence-corrected chi connectivity index (χ0v) is 15.6. The Balaban J connectivity index is 0.00000220. The maximum atomic E-state index is 10.9. The molecule has 0 aromatic heterocycles. The maximum absolute atomic E-state index is 10.9. The van der Waals surface area contributed by atoms with Crippen LogP contribution >= 0.6 is 24.0 Å². The lowest BCUT2D eigenvalue weighted by Crippen LogP contribution is -2.47. The van der Waals surface area contributed by atoms with Crippen molar-refractivity contribution in [1.82, 2.24) is 15.4 Å². The van der Waals surface area contributed by atoms with E-state index in [0.29, 0.717) is 37.8 Å². The third-order valence-corrected chi connectivity index (χ3v) is 4.39. The lowest BCUT2D eigenvalue weighted by molar-refractivity contribution is 0.0992. The van der Waals surface area contributed by atoms with Gasteiger partial charge >= 0.3 is 0 Å². The minimum absolute atomic E-state index is 0. The van der Waals surface area contributed by atoms with E-state index in [1.807, 2.05) is 0 Å². The Morgan fingerprint density at radius 3 is 2.62 bits per heavy atom. The van der Waals surface area contributed by atoms with Crippen molar-refractivity contribution in [3.63, 3.8) is 0 Å². The van der Waals surface area contributed by atoms with Crippen molar-refractivity contribution in [2.24, 2.45) is 4.99 Å². The van der Waals surface area contributed by atoms with E-state index in [-0.39, 0.29) is 24.0 Å². The number of sulfonamides is 1. The third-order valence-electron chi connectivity index (χ3n) is 3.66. The van der Waals surface area contributed by atoms with Crippen LogP contribution in [0.4, 0.5) is 0 Å². The van der Waals surface area contributed by atoms with Gasteiger partial charge in [0.1, 0.15) is 0 Å². The summed E-state index contributed by atoms with van der Waals surface area (Å²) < 4.78 is 30.1. The number of aliphatic imine (C=N–C) groups is 1. The number of guanidine groups is 1. The lowest BCUT2D eigenvalue weighted by atomic mass is 9.96. The van der Waals surface area contributed by atoms with Gasteiger partial charge in [-0.2, -0.15) is 0 Å². The molecule has 0 aromatic rings. The molecule has 2 fully saturated rings. The molecule has 3 unspecified atom stereocenters. The molecule has 2 heterocycles. The van der Waals surface area contributed by atoms with Crippen molar-refractivity contribution in [1.29, 1.82) is 0 Å². The van der Waals surface area contributed by atoms with Gasteiger partial charge in [0.2, 0.25) is 10.0 Å². The molecule has 124 valence electrons. The topological polar surface area (TPSA) is 91.8 Å². The van der Waals surface area contributed by atoms with E-state index in [2.05, 4.69) is 20.3 Å². The number of nitrogens with zero attached hydrogens (tertiary/aromatic N) is 1. The summed E-state index contributed by atoms with van der Waals surface area (Å²) in [5, 5.41) is 6.57. The molecule has 0 amide bonds. The van der Waals surface area contributed by atoms with Crippen LogP contribution in [-0.4, -0.2) is 59.0 Å². The van der Waals surface area contributed by atoms with Gasteiger partial charge in [0.15, 0.2) is 5.96 Å². The largest absolute Gasteiger partial charge is 0.373 e. The number of ether oxygens (including phenoxy) is 1. The second-order valence-electron chi connectivity index (χ2n) is 5.38. The van der Waals surface area contributed by atoms with Crippen LogP contribution in [0, 0.1) is 0 Å². The van der Waals surface area contributed by atoms with Crippen LogP contribution < -0.4 is 15.4 Å². The molecule has 0 spiro atoms. The van der Waals surface area contributed by atoms with Crippen molar-refractivity contribution in [2.75, 3.05) is 26.4 Å².